The summed E-state index contributed by atoms with van der Waals surface area (Å²) in [5, 5.41) is 1.16. The number of nitrogens with one attached hydrogen (secondary N) is 1. The monoisotopic (exact) mass is 363 g/mol. The summed E-state index contributed by atoms with van der Waals surface area (Å²) in [4.78, 5) is 31.1. The molecule has 5 nitrogen and oxygen atoms in total. The van der Waals surface area contributed by atoms with Gasteiger partial charge in [0.05, 0.1) is 6.54 Å². The third-order valence-electron chi connectivity index (χ3n) is 4.79. The third kappa shape index (κ3) is 4.76. The molecule has 0 bridgehead atoms. The molecular formula is C22H25N3O2. The highest BCUT2D eigenvalue weighted by atomic mass is 16.2. The second kappa shape index (κ2) is 8.54. The number of benzene rings is 2. The number of hydrogen-bond donors (Lipinski definition) is 1. The number of amides is 2. The van der Waals surface area contributed by atoms with E-state index in [0.717, 1.165) is 22.0 Å². The molecule has 1 aromatic heterocycles. The van der Waals surface area contributed by atoms with Crippen molar-refractivity contribution in [3.63, 3.8) is 0 Å². The summed E-state index contributed by atoms with van der Waals surface area (Å²) in [6.45, 7) is 2.66. The van der Waals surface area contributed by atoms with Crippen molar-refractivity contribution in [2.45, 2.75) is 19.9 Å². The van der Waals surface area contributed by atoms with Crippen LogP contribution >= 0.6 is 0 Å². The van der Waals surface area contributed by atoms with E-state index < -0.39 is 0 Å². The number of rotatable bonds is 7. The Hall–Kier alpha value is -3.08. The van der Waals surface area contributed by atoms with E-state index in [-0.39, 0.29) is 18.4 Å². The topological polar surface area (TPSA) is 56.4 Å². The van der Waals surface area contributed by atoms with Crippen LogP contribution in [0.5, 0.6) is 0 Å². The van der Waals surface area contributed by atoms with Crippen LogP contribution < -0.4 is 0 Å². The van der Waals surface area contributed by atoms with Gasteiger partial charge in [-0.25, -0.2) is 0 Å². The van der Waals surface area contributed by atoms with Gasteiger partial charge in [0, 0.05) is 44.2 Å². The standard InChI is InChI=1S/C22H25N3O2/c1-17(26)25(13-12-19-14-23-21-11-7-6-10-20(19)21)16-22(27)24(2)15-18-8-4-3-5-9-18/h3-11,14,23H,12-13,15-16H2,1-2H3. The molecule has 0 aliphatic carbocycles. The van der Waals surface area contributed by atoms with Gasteiger partial charge in [0.2, 0.25) is 11.8 Å². The van der Waals surface area contributed by atoms with Gasteiger partial charge in [-0.1, -0.05) is 48.5 Å². The molecule has 0 saturated carbocycles. The van der Waals surface area contributed by atoms with Crippen LogP contribution in [0.3, 0.4) is 0 Å². The van der Waals surface area contributed by atoms with Gasteiger partial charge >= 0.3 is 0 Å². The Morgan fingerprint density at radius 1 is 1.00 bits per heavy atom. The first-order valence-electron chi connectivity index (χ1n) is 9.13. The van der Waals surface area contributed by atoms with E-state index in [9.17, 15) is 9.59 Å². The van der Waals surface area contributed by atoms with Crippen molar-refractivity contribution in [1.29, 1.82) is 0 Å². The SMILES string of the molecule is CC(=O)N(CCc1c[nH]c2ccccc12)CC(=O)N(C)Cc1ccccc1. The van der Waals surface area contributed by atoms with Gasteiger partial charge in [0.15, 0.2) is 0 Å². The Morgan fingerprint density at radius 2 is 1.70 bits per heavy atom. The van der Waals surface area contributed by atoms with Crippen LogP contribution in [0.1, 0.15) is 18.1 Å². The molecule has 2 amide bonds. The first-order chi connectivity index (χ1) is 13.0. The van der Waals surface area contributed by atoms with E-state index in [1.54, 1.807) is 16.8 Å². The number of H-pyrrole nitrogens is 1. The van der Waals surface area contributed by atoms with Crippen LogP contribution in [0.15, 0.2) is 60.8 Å². The number of likely N-dealkylation sites (N-methyl/N-ethyl adjacent to an activating group) is 1. The Balaban J connectivity index is 1.60. The molecule has 0 atom stereocenters. The molecule has 2 aromatic carbocycles. The van der Waals surface area contributed by atoms with E-state index in [1.165, 1.54) is 6.92 Å². The van der Waals surface area contributed by atoms with Crippen molar-refractivity contribution in [1.82, 2.24) is 14.8 Å². The number of aromatic amines is 1. The van der Waals surface area contributed by atoms with E-state index in [0.29, 0.717) is 19.5 Å². The molecule has 1 N–H and O–H groups in total. The molecule has 27 heavy (non-hydrogen) atoms. The predicted molar refractivity (Wildman–Crippen MR) is 107 cm³/mol. The maximum atomic E-state index is 12.6. The number of aromatic nitrogens is 1. The van der Waals surface area contributed by atoms with E-state index >= 15 is 0 Å². The summed E-state index contributed by atoms with van der Waals surface area (Å²) >= 11 is 0. The zero-order valence-corrected chi connectivity index (χ0v) is 15.8. The van der Waals surface area contributed by atoms with Gasteiger partial charge in [-0.3, -0.25) is 9.59 Å². The normalized spacial score (nSPS) is 10.7. The molecule has 0 saturated heterocycles. The molecule has 3 aromatic rings. The average Bonchev–Trinajstić information content (AvgIpc) is 3.08. The lowest BCUT2D eigenvalue weighted by atomic mass is 10.1. The smallest absolute Gasteiger partial charge is 0.242 e. The van der Waals surface area contributed by atoms with Crippen molar-refractivity contribution in [3.05, 3.63) is 71.9 Å². The lowest BCUT2D eigenvalue weighted by molar-refractivity contribution is -0.138. The van der Waals surface area contributed by atoms with Gasteiger partial charge in [-0.2, -0.15) is 0 Å². The van der Waals surface area contributed by atoms with Crippen LogP contribution in [-0.4, -0.2) is 46.7 Å². The Kier molecular flexibility index (Phi) is 5.91. The maximum Gasteiger partial charge on any atom is 0.242 e. The molecular weight excluding hydrogens is 338 g/mol. The largest absolute Gasteiger partial charge is 0.361 e. The lowest BCUT2D eigenvalue weighted by Crippen LogP contribution is -2.41. The van der Waals surface area contributed by atoms with Gasteiger partial charge in [-0.15, -0.1) is 0 Å². The molecule has 5 heteroatoms. The lowest BCUT2D eigenvalue weighted by Gasteiger charge is -2.24. The van der Waals surface area contributed by atoms with Crippen molar-refractivity contribution in [2.24, 2.45) is 0 Å². The Labute approximate surface area is 159 Å². The van der Waals surface area contributed by atoms with Crippen molar-refractivity contribution >= 4 is 22.7 Å². The van der Waals surface area contributed by atoms with Crippen LogP contribution in [0.2, 0.25) is 0 Å². The first-order valence-corrected chi connectivity index (χ1v) is 9.13. The minimum atomic E-state index is -0.0868. The van der Waals surface area contributed by atoms with Crippen LogP contribution in [0, 0.1) is 0 Å². The van der Waals surface area contributed by atoms with E-state index in [2.05, 4.69) is 11.1 Å². The Bertz CT molecular complexity index is 917. The second-order valence-electron chi connectivity index (χ2n) is 6.79. The third-order valence-corrected chi connectivity index (χ3v) is 4.79. The summed E-state index contributed by atoms with van der Waals surface area (Å²) in [5.41, 5.74) is 3.31. The molecule has 0 fully saturated rings. The fraction of sp³-hybridized carbons (Fsp3) is 0.273. The predicted octanol–water partition coefficient (Wildman–Crippen LogP) is 3.22. The molecule has 0 aliphatic rings. The number of carbonyl (C=O) groups excluding carboxylic acids is 2. The van der Waals surface area contributed by atoms with Crippen LogP contribution in [0.4, 0.5) is 0 Å². The summed E-state index contributed by atoms with van der Waals surface area (Å²) in [7, 11) is 1.77. The molecule has 0 unspecified atom stereocenters. The number of hydrogen-bond acceptors (Lipinski definition) is 2. The number of nitrogens with zero attached hydrogens (tertiary/aromatic N) is 2. The average molecular weight is 363 g/mol. The van der Waals surface area contributed by atoms with Crippen LogP contribution in [-0.2, 0) is 22.6 Å². The summed E-state index contributed by atoms with van der Waals surface area (Å²) in [6, 6.07) is 17.9. The van der Waals surface area contributed by atoms with Crippen molar-refractivity contribution in [3.8, 4) is 0 Å². The minimum Gasteiger partial charge on any atom is -0.361 e. The summed E-state index contributed by atoms with van der Waals surface area (Å²) < 4.78 is 0. The number of carbonyl (C=O) groups is 2. The number of para-hydroxylation sites is 1. The van der Waals surface area contributed by atoms with Gasteiger partial charge < -0.3 is 14.8 Å². The van der Waals surface area contributed by atoms with Gasteiger partial charge in [0.25, 0.3) is 0 Å². The quantitative estimate of drug-likeness (QED) is 0.701. The second-order valence-corrected chi connectivity index (χ2v) is 6.79. The molecule has 1 heterocycles. The number of fused-ring (bicyclic) bond motifs is 1. The van der Waals surface area contributed by atoms with E-state index in [1.807, 2.05) is 54.7 Å². The van der Waals surface area contributed by atoms with Gasteiger partial charge in [-0.05, 0) is 23.6 Å². The maximum absolute atomic E-state index is 12.6. The summed E-state index contributed by atoms with van der Waals surface area (Å²) in [6.07, 6.45) is 2.69. The minimum absolute atomic E-state index is 0.0621. The molecule has 0 aliphatic heterocycles. The highest BCUT2D eigenvalue weighted by Gasteiger charge is 2.17. The highest BCUT2D eigenvalue weighted by molar-refractivity contribution is 5.84. The molecule has 3 rings (SSSR count). The highest BCUT2D eigenvalue weighted by Crippen LogP contribution is 2.18. The fourth-order valence-corrected chi connectivity index (χ4v) is 3.17. The van der Waals surface area contributed by atoms with Gasteiger partial charge in [0.1, 0.15) is 0 Å². The van der Waals surface area contributed by atoms with Crippen molar-refractivity contribution in [2.75, 3.05) is 20.1 Å². The van der Waals surface area contributed by atoms with Crippen molar-refractivity contribution < 1.29 is 9.59 Å². The molecule has 0 radical (unpaired) electrons. The first kappa shape index (κ1) is 18.7. The molecule has 140 valence electrons. The fourth-order valence-electron chi connectivity index (χ4n) is 3.17. The van der Waals surface area contributed by atoms with E-state index in [4.69, 9.17) is 0 Å². The summed E-state index contributed by atoms with van der Waals surface area (Å²) in [5.74, 6) is -0.149. The zero-order valence-electron chi connectivity index (χ0n) is 15.8. The Morgan fingerprint density at radius 3 is 2.44 bits per heavy atom. The van der Waals surface area contributed by atoms with Crippen LogP contribution in [0.25, 0.3) is 10.9 Å². The zero-order chi connectivity index (χ0) is 19.2. The molecule has 0 spiro atoms.